The van der Waals surface area contributed by atoms with Crippen molar-refractivity contribution in [1.29, 1.82) is 0 Å². The molecular formula is C17H18O2S. The third-order valence-electron chi connectivity index (χ3n) is 3.08. The van der Waals surface area contributed by atoms with Crippen molar-refractivity contribution in [2.45, 2.75) is 24.0 Å². The molecule has 0 aliphatic heterocycles. The molecule has 0 saturated heterocycles. The van der Waals surface area contributed by atoms with Gasteiger partial charge >= 0.3 is 0 Å². The summed E-state index contributed by atoms with van der Waals surface area (Å²) in [6, 6.07) is 15.8. The van der Waals surface area contributed by atoms with Crippen molar-refractivity contribution >= 4 is 17.5 Å². The van der Waals surface area contributed by atoms with Crippen molar-refractivity contribution in [1.82, 2.24) is 0 Å². The van der Waals surface area contributed by atoms with Crippen molar-refractivity contribution in [2.24, 2.45) is 0 Å². The molecule has 0 N–H and O–H groups in total. The van der Waals surface area contributed by atoms with Gasteiger partial charge in [0.2, 0.25) is 0 Å². The lowest BCUT2D eigenvalue weighted by atomic mass is 10.1. The van der Waals surface area contributed by atoms with Gasteiger partial charge in [0, 0.05) is 28.2 Å². The van der Waals surface area contributed by atoms with E-state index in [0.29, 0.717) is 6.42 Å². The number of hydrogen-bond acceptors (Lipinski definition) is 3. The van der Waals surface area contributed by atoms with Crippen molar-refractivity contribution in [3.8, 4) is 5.75 Å². The largest absolute Gasteiger partial charge is 0.496 e. The molecule has 2 aromatic rings. The van der Waals surface area contributed by atoms with Gasteiger partial charge in [-0.15, -0.1) is 11.8 Å². The van der Waals surface area contributed by atoms with Crippen LogP contribution in [0.3, 0.4) is 0 Å². The highest BCUT2D eigenvalue weighted by Gasteiger charge is 2.05. The van der Waals surface area contributed by atoms with Gasteiger partial charge in [-0.05, 0) is 18.2 Å². The first-order valence-corrected chi connectivity index (χ1v) is 7.61. The van der Waals surface area contributed by atoms with Crippen LogP contribution in [-0.2, 0) is 5.75 Å². The van der Waals surface area contributed by atoms with E-state index in [1.54, 1.807) is 18.9 Å². The molecule has 104 valence electrons. The molecule has 2 rings (SSSR count). The molecule has 20 heavy (non-hydrogen) atoms. The molecule has 3 heteroatoms. The lowest BCUT2D eigenvalue weighted by molar-refractivity contribution is 0.0988. The molecule has 0 fully saturated rings. The van der Waals surface area contributed by atoms with Crippen LogP contribution in [0.5, 0.6) is 5.75 Å². The molecule has 0 unspecified atom stereocenters. The van der Waals surface area contributed by atoms with E-state index in [1.165, 1.54) is 5.56 Å². The van der Waals surface area contributed by atoms with E-state index in [-0.39, 0.29) is 5.78 Å². The van der Waals surface area contributed by atoms with Gasteiger partial charge < -0.3 is 4.74 Å². The van der Waals surface area contributed by atoms with Crippen LogP contribution in [0.15, 0.2) is 53.4 Å². The number of rotatable bonds is 6. The second-order valence-corrected chi connectivity index (χ2v) is 5.45. The van der Waals surface area contributed by atoms with Crippen molar-refractivity contribution in [3.63, 3.8) is 0 Å². The number of benzene rings is 2. The number of ketones is 1. The second kappa shape index (κ2) is 7.15. The monoisotopic (exact) mass is 286 g/mol. The highest BCUT2D eigenvalue weighted by molar-refractivity contribution is 7.98. The van der Waals surface area contributed by atoms with Crippen LogP contribution in [-0.4, -0.2) is 12.9 Å². The lowest BCUT2D eigenvalue weighted by Crippen LogP contribution is -1.95. The maximum absolute atomic E-state index is 11.6. The molecule has 0 heterocycles. The summed E-state index contributed by atoms with van der Waals surface area (Å²) in [6.07, 6.45) is 0.549. The van der Waals surface area contributed by atoms with Crippen LogP contribution in [0.2, 0.25) is 0 Å². The molecule has 0 atom stereocenters. The number of ether oxygens (including phenoxy) is 1. The molecule has 0 saturated carbocycles. The summed E-state index contributed by atoms with van der Waals surface area (Å²) >= 11 is 1.74. The molecule has 0 radical (unpaired) electrons. The Morgan fingerprint density at radius 1 is 1.10 bits per heavy atom. The van der Waals surface area contributed by atoms with Gasteiger partial charge in [0.25, 0.3) is 0 Å². The van der Waals surface area contributed by atoms with Crippen LogP contribution in [0, 0.1) is 0 Å². The fourth-order valence-electron chi connectivity index (χ4n) is 1.92. The van der Waals surface area contributed by atoms with E-state index in [4.69, 9.17) is 4.74 Å². The standard InChI is InChI=1S/C17H18O2S/c1-3-16(18)13-8-10-15(11-9-13)20-12-14-6-4-5-7-17(14)19-2/h4-11H,3,12H2,1-2H3. The van der Waals surface area contributed by atoms with Gasteiger partial charge in [-0.3, -0.25) is 4.79 Å². The highest BCUT2D eigenvalue weighted by atomic mass is 32.2. The van der Waals surface area contributed by atoms with Gasteiger partial charge in [0.05, 0.1) is 7.11 Å². The Bertz CT molecular complexity index is 576. The van der Waals surface area contributed by atoms with Crippen molar-refractivity contribution < 1.29 is 9.53 Å². The Morgan fingerprint density at radius 3 is 2.45 bits per heavy atom. The number of carbonyl (C=O) groups excluding carboxylic acids is 1. The Hall–Kier alpha value is -1.74. The van der Waals surface area contributed by atoms with Gasteiger partial charge in [-0.1, -0.05) is 37.3 Å². The SMILES string of the molecule is CCC(=O)c1ccc(SCc2ccccc2OC)cc1. The van der Waals surface area contributed by atoms with E-state index in [9.17, 15) is 4.79 Å². The first kappa shape index (κ1) is 14.7. The number of Topliss-reactive ketones (excluding diaryl/α,β-unsaturated/α-hetero) is 1. The minimum atomic E-state index is 0.186. The fourth-order valence-corrected chi connectivity index (χ4v) is 2.81. The third kappa shape index (κ3) is 3.64. The van der Waals surface area contributed by atoms with E-state index >= 15 is 0 Å². The maximum Gasteiger partial charge on any atom is 0.162 e. The molecule has 0 aliphatic carbocycles. The number of para-hydroxylation sites is 1. The minimum absolute atomic E-state index is 0.186. The molecule has 2 nitrogen and oxygen atoms in total. The Balaban J connectivity index is 2.02. The average Bonchev–Trinajstić information content (AvgIpc) is 2.53. The number of hydrogen-bond donors (Lipinski definition) is 0. The Morgan fingerprint density at radius 2 is 1.80 bits per heavy atom. The van der Waals surface area contributed by atoms with Gasteiger partial charge in [0.1, 0.15) is 5.75 Å². The molecule has 0 spiro atoms. The smallest absolute Gasteiger partial charge is 0.162 e. The zero-order valence-corrected chi connectivity index (χ0v) is 12.6. The number of carbonyl (C=O) groups is 1. The minimum Gasteiger partial charge on any atom is -0.496 e. The van der Waals surface area contributed by atoms with E-state index in [0.717, 1.165) is 22.0 Å². The summed E-state index contributed by atoms with van der Waals surface area (Å²) in [6.45, 7) is 1.88. The van der Waals surface area contributed by atoms with Gasteiger partial charge in [-0.25, -0.2) is 0 Å². The van der Waals surface area contributed by atoms with Crippen LogP contribution in [0.1, 0.15) is 29.3 Å². The van der Waals surface area contributed by atoms with Gasteiger partial charge in [-0.2, -0.15) is 0 Å². The summed E-state index contributed by atoms with van der Waals surface area (Å²) in [5.74, 6) is 1.95. The zero-order chi connectivity index (χ0) is 14.4. The second-order valence-electron chi connectivity index (χ2n) is 4.40. The van der Waals surface area contributed by atoms with Crippen LogP contribution in [0.25, 0.3) is 0 Å². The summed E-state index contributed by atoms with van der Waals surface area (Å²) in [4.78, 5) is 12.7. The quantitative estimate of drug-likeness (QED) is 0.574. The summed E-state index contributed by atoms with van der Waals surface area (Å²) < 4.78 is 5.34. The summed E-state index contributed by atoms with van der Waals surface area (Å²) in [5.41, 5.74) is 1.96. The topological polar surface area (TPSA) is 26.3 Å². The van der Waals surface area contributed by atoms with Crippen LogP contribution in [0.4, 0.5) is 0 Å². The highest BCUT2D eigenvalue weighted by Crippen LogP contribution is 2.28. The lowest BCUT2D eigenvalue weighted by Gasteiger charge is -2.08. The van der Waals surface area contributed by atoms with Crippen LogP contribution >= 0.6 is 11.8 Å². The summed E-state index contributed by atoms with van der Waals surface area (Å²) in [5, 5.41) is 0. The predicted molar refractivity (Wildman–Crippen MR) is 83.6 cm³/mol. The third-order valence-corrected chi connectivity index (χ3v) is 4.15. The molecule has 0 aromatic heterocycles. The van der Waals surface area contributed by atoms with E-state index in [1.807, 2.05) is 49.4 Å². The van der Waals surface area contributed by atoms with Gasteiger partial charge in [0.15, 0.2) is 5.78 Å². The first-order valence-electron chi connectivity index (χ1n) is 6.62. The molecule has 2 aromatic carbocycles. The average molecular weight is 286 g/mol. The molecule has 0 amide bonds. The zero-order valence-electron chi connectivity index (χ0n) is 11.8. The fraction of sp³-hybridized carbons (Fsp3) is 0.235. The number of methoxy groups -OCH3 is 1. The van der Waals surface area contributed by atoms with E-state index < -0.39 is 0 Å². The molecule has 0 aliphatic rings. The number of thioether (sulfide) groups is 1. The maximum atomic E-state index is 11.6. The van der Waals surface area contributed by atoms with Crippen LogP contribution < -0.4 is 4.74 Å². The Kier molecular flexibility index (Phi) is 5.24. The molecular weight excluding hydrogens is 268 g/mol. The Labute approximate surface area is 124 Å². The predicted octanol–water partition coefficient (Wildman–Crippen LogP) is 4.58. The first-order chi connectivity index (χ1) is 9.74. The normalized spacial score (nSPS) is 10.3. The summed E-state index contributed by atoms with van der Waals surface area (Å²) in [7, 11) is 1.69. The van der Waals surface area contributed by atoms with E-state index in [2.05, 4.69) is 6.07 Å². The molecule has 0 bridgehead atoms. The van der Waals surface area contributed by atoms with Crippen molar-refractivity contribution in [2.75, 3.05) is 7.11 Å². The van der Waals surface area contributed by atoms with Crippen molar-refractivity contribution in [3.05, 3.63) is 59.7 Å².